The Labute approximate surface area is 165 Å². The fourth-order valence-corrected chi connectivity index (χ4v) is 3.17. The molecule has 1 aromatic heterocycles. The van der Waals surface area contributed by atoms with Crippen LogP contribution in [0, 0.1) is 12.8 Å². The topological polar surface area (TPSA) is 88.6 Å². The summed E-state index contributed by atoms with van der Waals surface area (Å²) in [6, 6.07) is 9.81. The molecule has 1 fully saturated rings. The van der Waals surface area contributed by atoms with Crippen LogP contribution in [0.1, 0.15) is 40.1 Å². The first-order valence-electron chi connectivity index (χ1n) is 8.97. The van der Waals surface area contributed by atoms with E-state index in [2.05, 4.69) is 5.32 Å². The minimum absolute atomic E-state index is 0. The van der Waals surface area contributed by atoms with Gasteiger partial charge >= 0.3 is 0 Å². The van der Waals surface area contributed by atoms with Gasteiger partial charge in [-0.1, -0.05) is 29.8 Å². The molecule has 1 aromatic carbocycles. The Bertz CT molecular complexity index is 765. The van der Waals surface area contributed by atoms with Gasteiger partial charge in [0, 0.05) is 25.6 Å². The standard InChI is InChI=1S/C20H25N3O3.ClH/c1-14-2-4-15(5-3-14)12-22-19(24)16-6-8-23(9-7-16)20(25)17-10-18(11-21)26-13-17;/h2-5,10,13,16H,6-9,11-12,21H2,1H3,(H,22,24);1H. The molecule has 7 heteroatoms. The number of halogens is 1. The number of piperidine rings is 1. The van der Waals surface area contributed by atoms with Gasteiger partial charge in [-0.25, -0.2) is 0 Å². The highest BCUT2D eigenvalue weighted by molar-refractivity contribution is 5.94. The molecule has 2 heterocycles. The second-order valence-corrected chi connectivity index (χ2v) is 6.78. The van der Waals surface area contributed by atoms with Gasteiger partial charge in [0.25, 0.3) is 5.91 Å². The summed E-state index contributed by atoms with van der Waals surface area (Å²) in [7, 11) is 0. The summed E-state index contributed by atoms with van der Waals surface area (Å²) in [5.74, 6) is 0.547. The molecule has 0 aliphatic carbocycles. The normalized spacial score (nSPS) is 14.5. The molecule has 2 amide bonds. The Morgan fingerprint density at radius 3 is 2.48 bits per heavy atom. The number of carbonyl (C=O) groups excluding carboxylic acids is 2. The van der Waals surface area contributed by atoms with Crippen molar-refractivity contribution < 1.29 is 14.0 Å². The lowest BCUT2D eigenvalue weighted by Gasteiger charge is -2.31. The number of likely N-dealkylation sites (tertiary alicyclic amines) is 1. The predicted octanol–water partition coefficient (Wildman–Crippen LogP) is 2.64. The molecule has 0 bridgehead atoms. The maximum absolute atomic E-state index is 12.5. The number of benzene rings is 1. The van der Waals surface area contributed by atoms with Crippen molar-refractivity contribution in [3.63, 3.8) is 0 Å². The van der Waals surface area contributed by atoms with Crippen LogP contribution in [0.25, 0.3) is 0 Å². The largest absolute Gasteiger partial charge is 0.467 e. The third kappa shape index (κ3) is 5.34. The van der Waals surface area contributed by atoms with E-state index in [1.807, 2.05) is 31.2 Å². The molecule has 1 aliphatic heterocycles. The average molecular weight is 392 g/mol. The Morgan fingerprint density at radius 2 is 1.89 bits per heavy atom. The van der Waals surface area contributed by atoms with Gasteiger partial charge in [0.2, 0.25) is 5.91 Å². The first kappa shape index (κ1) is 21.0. The highest BCUT2D eigenvalue weighted by atomic mass is 35.5. The fourth-order valence-electron chi connectivity index (χ4n) is 3.17. The number of rotatable bonds is 5. The molecule has 0 saturated carbocycles. The van der Waals surface area contributed by atoms with E-state index in [1.54, 1.807) is 11.0 Å². The van der Waals surface area contributed by atoms with Gasteiger partial charge in [-0.15, -0.1) is 12.4 Å². The van der Waals surface area contributed by atoms with E-state index in [9.17, 15) is 9.59 Å². The van der Waals surface area contributed by atoms with Crippen molar-refractivity contribution >= 4 is 24.2 Å². The van der Waals surface area contributed by atoms with Gasteiger partial charge in [0.05, 0.1) is 12.1 Å². The average Bonchev–Trinajstić information content (AvgIpc) is 3.16. The van der Waals surface area contributed by atoms with Crippen molar-refractivity contribution in [3.05, 3.63) is 59.0 Å². The number of carbonyl (C=O) groups is 2. The molecule has 146 valence electrons. The predicted molar refractivity (Wildman–Crippen MR) is 106 cm³/mol. The quantitative estimate of drug-likeness (QED) is 0.820. The van der Waals surface area contributed by atoms with E-state index in [0.717, 1.165) is 5.56 Å². The number of nitrogens with two attached hydrogens (primary N) is 1. The lowest BCUT2D eigenvalue weighted by atomic mass is 9.95. The lowest BCUT2D eigenvalue weighted by Crippen LogP contribution is -2.42. The summed E-state index contributed by atoms with van der Waals surface area (Å²) in [6.45, 7) is 4.00. The van der Waals surface area contributed by atoms with Crippen molar-refractivity contribution in [1.29, 1.82) is 0 Å². The van der Waals surface area contributed by atoms with Gasteiger partial charge in [0.1, 0.15) is 12.0 Å². The van der Waals surface area contributed by atoms with Crippen molar-refractivity contribution in [3.8, 4) is 0 Å². The SMILES string of the molecule is Cc1ccc(CNC(=O)C2CCN(C(=O)c3coc(CN)c3)CC2)cc1.Cl. The molecular weight excluding hydrogens is 366 g/mol. The van der Waals surface area contributed by atoms with Crippen LogP contribution in [0.2, 0.25) is 0 Å². The Morgan fingerprint density at radius 1 is 1.22 bits per heavy atom. The number of hydrogen-bond donors (Lipinski definition) is 2. The number of nitrogens with zero attached hydrogens (tertiary/aromatic N) is 1. The Balaban J connectivity index is 0.00000261. The van der Waals surface area contributed by atoms with Crippen LogP contribution < -0.4 is 11.1 Å². The Hall–Kier alpha value is -2.31. The summed E-state index contributed by atoms with van der Waals surface area (Å²) >= 11 is 0. The number of aryl methyl sites for hydroxylation is 1. The van der Waals surface area contributed by atoms with E-state index in [-0.39, 0.29) is 36.7 Å². The zero-order valence-electron chi connectivity index (χ0n) is 15.4. The van der Waals surface area contributed by atoms with E-state index < -0.39 is 0 Å². The van der Waals surface area contributed by atoms with E-state index in [4.69, 9.17) is 10.2 Å². The van der Waals surface area contributed by atoms with Crippen molar-refractivity contribution in [2.75, 3.05) is 13.1 Å². The Kier molecular flexibility index (Phi) is 7.45. The molecule has 0 spiro atoms. The smallest absolute Gasteiger partial charge is 0.257 e. The summed E-state index contributed by atoms with van der Waals surface area (Å²) in [5.41, 5.74) is 8.32. The second-order valence-electron chi connectivity index (χ2n) is 6.78. The zero-order chi connectivity index (χ0) is 18.5. The fraction of sp³-hybridized carbons (Fsp3) is 0.400. The van der Waals surface area contributed by atoms with Gasteiger partial charge in [-0.3, -0.25) is 9.59 Å². The van der Waals surface area contributed by atoms with Crippen molar-refractivity contribution in [2.45, 2.75) is 32.9 Å². The molecule has 3 N–H and O–H groups in total. The van der Waals surface area contributed by atoms with Crippen LogP contribution in [0.15, 0.2) is 41.0 Å². The van der Waals surface area contributed by atoms with Crippen LogP contribution in [-0.2, 0) is 17.9 Å². The van der Waals surface area contributed by atoms with Crippen LogP contribution in [0.5, 0.6) is 0 Å². The summed E-state index contributed by atoms with van der Waals surface area (Å²) in [6.07, 6.45) is 2.80. The number of furan rings is 1. The molecule has 6 nitrogen and oxygen atoms in total. The molecular formula is C20H26ClN3O3. The molecule has 27 heavy (non-hydrogen) atoms. The van der Waals surface area contributed by atoms with E-state index >= 15 is 0 Å². The van der Waals surface area contributed by atoms with Crippen LogP contribution in [-0.4, -0.2) is 29.8 Å². The van der Waals surface area contributed by atoms with Crippen LogP contribution >= 0.6 is 12.4 Å². The van der Waals surface area contributed by atoms with Crippen molar-refractivity contribution in [1.82, 2.24) is 10.2 Å². The second kappa shape index (κ2) is 9.58. The highest BCUT2D eigenvalue weighted by Crippen LogP contribution is 2.20. The van der Waals surface area contributed by atoms with E-state index in [1.165, 1.54) is 11.8 Å². The first-order valence-corrected chi connectivity index (χ1v) is 8.97. The minimum atomic E-state index is -0.0630. The minimum Gasteiger partial charge on any atom is -0.467 e. The monoisotopic (exact) mass is 391 g/mol. The van der Waals surface area contributed by atoms with Crippen LogP contribution in [0.3, 0.4) is 0 Å². The molecule has 0 unspecified atom stereocenters. The molecule has 0 atom stereocenters. The molecule has 2 aromatic rings. The highest BCUT2D eigenvalue weighted by Gasteiger charge is 2.28. The number of hydrogen-bond acceptors (Lipinski definition) is 4. The summed E-state index contributed by atoms with van der Waals surface area (Å²) < 4.78 is 5.23. The maximum atomic E-state index is 12.5. The maximum Gasteiger partial charge on any atom is 0.257 e. The first-order chi connectivity index (χ1) is 12.6. The summed E-state index contributed by atoms with van der Waals surface area (Å²) in [5, 5.41) is 3.00. The zero-order valence-corrected chi connectivity index (χ0v) is 16.3. The van der Waals surface area contributed by atoms with Crippen LogP contribution in [0.4, 0.5) is 0 Å². The van der Waals surface area contributed by atoms with Gasteiger partial charge in [-0.05, 0) is 31.4 Å². The van der Waals surface area contributed by atoms with E-state index in [0.29, 0.717) is 43.8 Å². The van der Waals surface area contributed by atoms with Gasteiger partial charge in [0.15, 0.2) is 0 Å². The van der Waals surface area contributed by atoms with Gasteiger partial charge in [-0.2, -0.15) is 0 Å². The molecule has 0 radical (unpaired) electrons. The third-order valence-corrected chi connectivity index (χ3v) is 4.84. The number of amides is 2. The molecule has 1 saturated heterocycles. The summed E-state index contributed by atoms with van der Waals surface area (Å²) in [4.78, 5) is 26.6. The van der Waals surface area contributed by atoms with Crippen molar-refractivity contribution in [2.24, 2.45) is 11.7 Å². The van der Waals surface area contributed by atoms with Gasteiger partial charge < -0.3 is 20.4 Å². The lowest BCUT2D eigenvalue weighted by molar-refractivity contribution is -0.126. The molecule has 3 rings (SSSR count). The third-order valence-electron chi connectivity index (χ3n) is 4.84. The number of nitrogens with one attached hydrogen (secondary N) is 1. The molecule has 1 aliphatic rings.